The van der Waals surface area contributed by atoms with Crippen molar-refractivity contribution in [2.24, 2.45) is 10.9 Å². The van der Waals surface area contributed by atoms with Gasteiger partial charge in [-0.05, 0) is 57.5 Å². The molecular weight excluding hydrogens is 430 g/mol. The van der Waals surface area contributed by atoms with E-state index in [-0.39, 0.29) is 29.8 Å². The molecule has 1 aromatic carbocycles. The summed E-state index contributed by atoms with van der Waals surface area (Å²) < 4.78 is 13.9. The van der Waals surface area contributed by atoms with Crippen molar-refractivity contribution in [2.45, 2.75) is 39.8 Å². The SMILES string of the molecule is CCNC(=NCc1ccc(F)c(CN(C)C)c1)N1CCC(C)CC1.I. The van der Waals surface area contributed by atoms with Gasteiger partial charge in [0.25, 0.3) is 0 Å². The van der Waals surface area contributed by atoms with Crippen LogP contribution in [0.25, 0.3) is 0 Å². The molecule has 0 aliphatic carbocycles. The van der Waals surface area contributed by atoms with Crippen LogP contribution in [0.1, 0.15) is 37.8 Å². The van der Waals surface area contributed by atoms with Gasteiger partial charge in [0, 0.05) is 31.7 Å². The Balaban J connectivity index is 0.00000312. The zero-order valence-corrected chi connectivity index (χ0v) is 18.2. The first-order valence-corrected chi connectivity index (χ1v) is 8.95. The number of aliphatic imine (C=N–C) groups is 1. The van der Waals surface area contributed by atoms with Gasteiger partial charge in [0.1, 0.15) is 5.82 Å². The minimum absolute atomic E-state index is 0. The van der Waals surface area contributed by atoms with Crippen molar-refractivity contribution in [3.63, 3.8) is 0 Å². The van der Waals surface area contributed by atoms with E-state index in [2.05, 4.69) is 24.1 Å². The van der Waals surface area contributed by atoms with Crippen molar-refractivity contribution in [1.82, 2.24) is 15.1 Å². The highest BCUT2D eigenvalue weighted by Crippen LogP contribution is 2.17. The number of piperidine rings is 1. The molecule has 6 heteroatoms. The Morgan fingerprint density at radius 1 is 1.32 bits per heavy atom. The van der Waals surface area contributed by atoms with Gasteiger partial charge in [-0.2, -0.15) is 0 Å². The van der Waals surface area contributed by atoms with Crippen LogP contribution in [0.3, 0.4) is 0 Å². The average molecular weight is 462 g/mol. The molecule has 0 spiro atoms. The van der Waals surface area contributed by atoms with Crippen LogP contribution in [0.4, 0.5) is 4.39 Å². The first-order chi connectivity index (χ1) is 11.5. The second-order valence-corrected chi connectivity index (χ2v) is 7.00. The Bertz CT molecular complexity index is 554. The minimum atomic E-state index is -0.145. The van der Waals surface area contributed by atoms with Crippen LogP contribution in [0.15, 0.2) is 23.2 Å². The minimum Gasteiger partial charge on any atom is -0.357 e. The smallest absolute Gasteiger partial charge is 0.194 e. The van der Waals surface area contributed by atoms with Crippen LogP contribution in [-0.4, -0.2) is 49.5 Å². The lowest BCUT2D eigenvalue weighted by molar-refractivity contribution is 0.273. The van der Waals surface area contributed by atoms with E-state index in [1.54, 1.807) is 6.07 Å². The van der Waals surface area contributed by atoms with Crippen LogP contribution in [0, 0.1) is 11.7 Å². The predicted octanol–water partition coefficient (Wildman–Crippen LogP) is 3.70. The number of likely N-dealkylation sites (tertiary alicyclic amines) is 1. The molecule has 2 rings (SSSR count). The van der Waals surface area contributed by atoms with E-state index in [9.17, 15) is 4.39 Å². The van der Waals surface area contributed by atoms with E-state index in [0.717, 1.165) is 42.6 Å². The first-order valence-electron chi connectivity index (χ1n) is 8.95. The monoisotopic (exact) mass is 462 g/mol. The molecule has 1 aliphatic heterocycles. The molecule has 0 atom stereocenters. The summed E-state index contributed by atoms with van der Waals surface area (Å²) >= 11 is 0. The van der Waals surface area contributed by atoms with Crippen molar-refractivity contribution in [1.29, 1.82) is 0 Å². The van der Waals surface area contributed by atoms with E-state index in [4.69, 9.17) is 4.99 Å². The highest BCUT2D eigenvalue weighted by atomic mass is 127. The maximum Gasteiger partial charge on any atom is 0.194 e. The van der Waals surface area contributed by atoms with E-state index < -0.39 is 0 Å². The van der Waals surface area contributed by atoms with Gasteiger partial charge in [-0.1, -0.05) is 13.0 Å². The molecule has 0 aromatic heterocycles. The highest BCUT2D eigenvalue weighted by Gasteiger charge is 2.18. The Kier molecular flexibility index (Phi) is 9.71. The molecule has 1 N–H and O–H groups in total. The molecule has 4 nitrogen and oxygen atoms in total. The van der Waals surface area contributed by atoms with Gasteiger partial charge >= 0.3 is 0 Å². The Morgan fingerprint density at radius 3 is 2.60 bits per heavy atom. The van der Waals surface area contributed by atoms with Gasteiger partial charge in [0.15, 0.2) is 5.96 Å². The Labute approximate surface area is 168 Å². The maximum atomic E-state index is 13.9. The van der Waals surface area contributed by atoms with Gasteiger partial charge in [-0.3, -0.25) is 0 Å². The van der Waals surface area contributed by atoms with Crippen LogP contribution >= 0.6 is 24.0 Å². The summed E-state index contributed by atoms with van der Waals surface area (Å²) in [5.74, 6) is 1.63. The second-order valence-electron chi connectivity index (χ2n) is 7.00. The van der Waals surface area contributed by atoms with Crippen molar-refractivity contribution < 1.29 is 4.39 Å². The van der Waals surface area contributed by atoms with Crippen molar-refractivity contribution >= 4 is 29.9 Å². The van der Waals surface area contributed by atoms with E-state index in [1.807, 2.05) is 31.1 Å². The molecule has 0 radical (unpaired) electrons. The van der Waals surface area contributed by atoms with Crippen molar-refractivity contribution in [3.05, 3.63) is 35.1 Å². The summed E-state index contributed by atoms with van der Waals surface area (Å²) in [5.41, 5.74) is 1.78. The van der Waals surface area contributed by atoms with Gasteiger partial charge in [-0.15, -0.1) is 24.0 Å². The van der Waals surface area contributed by atoms with Crippen molar-refractivity contribution in [3.8, 4) is 0 Å². The molecule has 1 heterocycles. The third kappa shape index (κ3) is 7.09. The topological polar surface area (TPSA) is 30.9 Å². The summed E-state index contributed by atoms with van der Waals surface area (Å²) in [6, 6.07) is 5.32. The number of halogens is 2. The number of benzene rings is 1. The summed E-state index contributed by atoms with van der Waals surface area (Å²) in [7, 11) is 3.90. The molecular formula is C19H32FIN4. The molecule has 1 aromatic rings. The third-order valence-electron chi connectivity index (χ3n) is 4.43. The van der Waals surface area contributed by atoms with Crippen LogP contribution < -0.4 is 5.32 Å². The van der Waals surface area contributed by atoms with E-state index in [1.165, 1.54) is 12.8 Å². The molecule has 1 aliphatic rings. The van der Waals surface area contributed by atoms with Crippen LogP contribution in [0.5, 0.6) is 0 Å². The number of nitrogens with one attached hydrogen (secondary N) is 1. The zero-order chi connectivity index (χ0) is 17.5. The lowest BCUT2D eigenvalue weighted by Crippen LogP contribution is -2.45. The Morgan fingerprint density at radius 2 is 2.00 bits per heavy atom. The van der Waals surface area contributed by atoms with Crippen molar-refractivity contribution in [2.75, 3.05) is 33.7 Å². The molecule has 0 bridgehead atoms. The number of hydrogen-bond donors (Lipinski definition) is 1. The fraction of sp³-hybridized carbons (Fsp3) is 0.632. The zero-order valence-electron chi connectivity index (χ0n) is 15.9. The average Bonchev–Trinajstić information content (AvgIpc) is 2.54. The molecule has 1 saturated heterocycles. The highest BCUT2D eigenvalue weighted by molar-refractivity contribution is 14.0. The molecule has 25 heavy (non-hydrogen) atoms. The quantitative estimate of drug-likeness (QED) is 0.412. The molecule has 0 unspecified atom stereocenters. The number of nitrogens with zero attached hydrogens (tertiary/aromatic N) is 3. The largest absolute Gasteiger partial charge is 0.357 e. The van der Waals surface area contributed by atoms with Crippen LogP contribution in [0.2, 0.25) is 0 Å². The summed E-state index contributed by atoms with van der Waals surface area (Å²) in [5, 5.41) is 3.39. The fourth-order valence-corrected chi connectivity index (χ4v) is 3.00. The maximum absolute atomic E-state index is 13.9. The normalized spacial score (nSPS) is 16.1. The molecule has 142 valence electrons. The molecule has 0 amide bonds. The van der Waals surface area contributed by atoms with E-state index in [0.29, 0.717) is 13.1 Å². The standard InChI is InChI=1S/C19H31FN4.HI/c1-5-21-19(24-10-8-15(2)9-11-24)22-13-16-6-7-18(20)17(12-16)14-23(3)4;/h6-7,12,15H,5,8-11,13-14H2,1-4H3,(H,21,22);1H. The van der Waals surface area contributed by atoms with Gasteiger partial charge in [0.2, 0.25) is 0 Å². The lowest BCUT2D eigenvalue weighted by atomic mass is 9.99. The van der Waals surface area contributed by atoms with Gasteiger partial charge in [0.05, 0.1) is 6.54 Å². The lowest BCUT2D eigenvalue weighted by Gasteiger charge is -2.33. The number of guanidine groups is 1. The molecule has 1 fully saturated rings. The van der Waals surface area contributed by atoms with E-state index >= 15 is 0 Å². The summed E-state index contributed by atoms with van der Waals surface area (Å²) in [6.45, 7) is 8.56. The number of hydrogen-bond acceptors (Lipinski definition) is 2. The first kappa shape index (κ1) is 22.2. The Hall–Kier alpha value is -0.890. The second kappa shape index (κ2) is 11.0. The van der Waals surface area contributed by atoms with Crippen LogP contribution in [-0.2, 0) is 13.1 Å². The summed E-state index contributed by atoms with van der Waals surface area (Å²) in [4.78, 5) is 9.10. The van der Waals surface area contributed by atoms with Gasteiger partial charge < -0.3 is 15.1 Å². The number of rotatable bonds is 5. The third-order valence-corrected chi connectivity index (χ3v) is 4.43. The molecule has 0 saturated carbocycles. The fourth-order valence-electron chi connectivity index (χ4n) is 3.00. The predicted molar refractivity (Wildman–Crippen MR) is 114 cm³/mol. The van der Waals surface area contributed by atoms with Gasteiger partial charge in [-0.25, -0.2) is 9.38 Å². The summed E-state index contributed by atoms with van der Waals surface area (Å²) in [6.07, 6.45) is 2.43.